The zero-order valence-electron chi connectivity index (χ0n) is 21.7. The van der Waals surface area contributed by atoms with E-state index in [9.17, 15) is 21.6 Å². The maximum atomic E-state index is 14.0. The van der Waals surface area contributed by atoms with Gasteiger partial charge in [-0.2, -0.15) is 17.5 Å². The number of nitrogens with zero attached hydrogens (tertiary/aromatic N) is 4. The third kappa shape index (κ3) is 6.29. The Morgan fingerprint density at radius 1 is 1.12 bits per heavy atom. The van der Waals surface area contributed by atoms with Gasteiger partial charge in [-0.3, -0.25) is 0 Å². The molecule has 1 N–H and O–H groups in total. The van der Waals surface area contributed by atoms with Gasteiger partial charge in [0.1, 0.15) is 12.1 Å². The van der Waals surface area contributed by atoms with Crippen molar-refractivity contribution in [1.29, 1.82) is 0 Å². The molecule has 0 atom stereocenters. The van der Waals surface area contributed by atoms with Crippen LogP contribution in [0.15, 0.2) is 65.8 Å². The molecule has 0 amide bonds. The molecule has 0 unspecified atom stereocenters. The first-order valence-electron chi connectivity index (χ1n) is 11.9. The molecule has 41 heavy (non-hydrogen) atoms. The van der Waals surface area contributed by atoms with E-state index in [-0.39, 0.29) is 40.2 Å². The van der Waals surface area contributed by atoms with Crippen molar-refractivity contribution in [3.05, 3.63) is 82.6 Å². The zero-order valence-corrected chi connectivity index (χ0v) is 25.5. The molecule has 0 aliphatic carbocycles. The van der Waals surface area contributed by atoms with E-state index in [1.807, 2.05) is 13.0 Å². The van der Waals surface area contributed by atoms with Crippen LogP contribution in [0.4, 0.5) is 35.4 Å². The molecule has 1 aromatic heterocycles. The van der Waals surface area contributed by atoms with Gasteiger partial charge < -0.3 is 15.0 Å². The Hall–Kier alpha value is -2.97. The smallest absolute Gasteiger partial charge is 0.416 e. The predicted octanol–water partition coefficient (Wildman–Crippen LogP) is 6.48. The van der Waals surface area contributed by atoms with Gasteiger partial charge in [-0.05, 0) is 66.6 Å². The first-order chi connectivity index (χ1) is 19.0. The second-order valence-electron chi connectivity index (χ2n) is 8.95. The van der Waals surface area contributed by atoms with Gasteiger partial charge in [-0.25, -0.2) is 17.7 Å². The summed E-state index contributed by atoms with van der Waals surface area (Å²) in [7, 11) is -2.54. The maximum absolute atomic E-state index is 14.0. The number of fused-ring (bicyclic) bond motifs is 1. The fourth-order valence-corrected chi connectivity index (χ4v) is 6.85. The van der Waals surface area contributed by atoms with Crippen LogP contribution in [0.5, 0.6) is 5.75 Å². The molecule has 0 saturated heterocycles. The Balaban J connectivity index is 0.00000387. The van der Waals surface area contributed by atoms with Gasteiger partial charge in [0.2, 0.25) is 5.13 Å². The summed E-state index contributed by atoms with van der Waals surface area (Å²) in [6.07, 6.45) is -3.22. The van der Waals surface area contributed by atoms with E-state index in [4.69, 9.17) is 16.3 Å². The Labute approximate surface area is 256 Å². The molecular formula is C26H23ClF3N5O3S2V. The number of nitrogens with one attached hydrogen (secondary N) is 1. The fourth-order valence-electron chi connectivity index (χ4n) is 4.42. The van der Waals surface area contributed by atoms with E-state index in [1.54, 1.807) is 30.2 Å². The number of rotatable bonds is 7. The molecule has 0 spiro atoms. The molecule has 1 radical (unpaired) electrons. The molecular weight excluding hydrogens is 638 g/mol. The summed E-state index contributed by atoms with van der Waals surface area (Å²) in [6, 6.07) is 13.1. The van der Waals surface area contributed by atoms with Gasteiger partial charge in [0.05, 0.1) is 46.2 Å². The van der Waals surface area contributed by atoms with Crippen molar-refractivity contribution < 1.29 is 44.9 Å². The minimum Gasteiger partial charge on any atom is -0.497 e. The van der Waals surface area contributed by atoms with Crippen molar-refractivity contribution in [1.82, 2.24) is 9.36 Å². The third-order valence-electron chi connectivity index (χ3n) is 6.49. The van der Waals surface area contributed by atoms with Crippen LogP contribution < -0.4 is 19.3 Å². The van der Waals surface area contributed by atoms with Gasteiger partial charge in [0, 0.05) is 43.2 Å². The number of aryl methyl sites for hydroxylation is 1. The summed E-state index contributed by atoms with van der Waals surface area (Å²) in [6.45, 7) is 2.72. The third-order valence-corrected chi connectivity index (χ3v) is 9.33. The summed E-state index contributed by atoms with van der Waals surface area (Å²) in [5.74, 6) is 0.657. The second kappa shape index (κ2) is 12.1. The van der Waals surface area contributed by atoms with E-state index in [0.717, 1.165) is 34.8 Å². The summed E-state index contributed by atoms with van der Waals surface area (Å²) >= 11 is 7.22. The van der Waals surface area contributed by atoms with E-state index >= 15 is 0 Å². The molecule has 0 fully saturated rings. The number of ether oxygens (including phenoxy) is 1. The van der Waals surface area contributed by atoms with Crippen molar-refractivity contribution in [2.75, 3.05) is 34.7 Å². The predicted molar refractivity (Wildman–Crippen MR) is 149 cm³/mol. The Morgan fingerprint density at radius 2 is 1.88 bits per heavy atom. The molecule has 8 nitrogen and oxygen atoms in total. The number of benzene rings is 3. The van der Waals surface area contributed by atoms with Gasteiger partial charge in [-0.15, -0.1) is 0 Å². The Morgan fingerprint density at radius 3 is 2.51 bits per heavy atom. The second-order valence-corrected chi connectivity index (χ2v) is 12.0. The number of methoxy groups -OCH3 is 1. The normalized spacial score (nSPS) is 13.2. The molecule has 0 saturated carbocycles. The number of hydrogen-bond donors (Lipinski definition) is 1. The van der Waals surface area contributed by atoms with Crippen molar-refractivity contribution >= 4 is 55.4 Å². The Bertz CT molecular complexity index is 1660. The number of sulfonamides is 1. The first kappa shape index (κ1) is 31.0. The van der Waals surface area contributed by atoms with Crippen LogP contribution in [0.25, 0.3) is 0 Å². The van der Waals surface area contributed by atoms with E-state index in [0.29, 0.717) is 35.9 Å². The van der Waals surface area contributed by atoms with Crippen molar-refractivity contribution in [2.45, 2.75) is 24.5 Å². The Kier molecular flexibility index (Phi) is 9.15. The van der Waals surface area contributed by atoms with Crippen LogP contribution in [-0.2, 0) is 41.3 Å². The summed E-state index contributed by atoms with van der Waals surface area (Å²) in [5, 5.41) is 3.34. The average Bonchev–Trinajstić information content (AvgIpc) is 3.45. The molecule has 15 heteroatoms. The van der Waals surface area contributed by atoms with Gasteiger partial charge in [-0.1, -0.05) is 17.7 Å². The van der Waals surface area contributed by atoms with Crippen LogP contribution in [0, 0.1) is 6.92 Å². The molecule has 215 valence electrons. The SMILES string of the molecule is COc1ccc(CN(c2ncns2)S(=O)(=O)c2ccc3c(c2)NCCN3c2ccc(C(F)(F)F)cc2Cl)c(C)c1.[V]. The van der Waals surface area contributed by atoms with Gasteiger partial charge >= 0.3 is 6.18 Å². The van der Waals surface area contributed by atoms with Crippen LogP contribution in [0.3, 0.4) is 0 Å². The van der Waals surface area contributed by atoms with Crippen molar-refractivity contribution in [3.63, 3.8) is 0 Å². The topological polar surface area (TPSA) is 87.7 Å². The largest absolute Gasteiger partial charge is 0.497 e. The monoisotopic (exact) mass is 660 g/mol. The number of aromatic nitrogens is 2. The molecule has 4 aromatic rings. The maximum Gasteiger partial charge on any atom is 0.416 e. The average molecular weight is 661 g/mol. The van der Waals surface area contributed by atoms with Gasteiger partial charge in [0.15, 0.2) is 0 Å². The number of anilines is 4. The van der Waals surface area contributed by atoms with Crippen molar-refractivity contribution in [2.24, 2.45) is 0 Å². The van der Waals surface area contributed by atoms with E-state index in [1.165, 1.54) is 28.8 Å². The quantitative estimate of drug-likeness (QED) is 0.243. The number of hydrogen-bond acceptors (Lipinski definition) is 8. The van der Waals surface area contributed by atoms with E-state index in [2.05, 4.69) is 14.7 Å². The fraction of sp³-hybridized carbons (Fsp3) is 0.231. The summed E-state index contributed by atoms with van der Waals surface area (Å²) in [4.78, 5) is 5.92. The summed E-state index contributed by atoms with van der Waals surface area (Å²) in [5.41, 5.74) is 2.24. The van der Waals surface area contributed by atoms with Crippen molar-refractivity contribution in [3.8, 4) is 5.75 Å². The minimum absolute atomic E-state index is 0. The van der Waals surface area contributed by atoms with E-state index < -0.39 is 21.8 Å². The van der Waals surface area contributed by atoms with Crippen LogP contribution in [0.1, 0.15) is 16.7 Å². The molecule has 3 aromatic carbocycles. The van der Waals surface area contributed by atoms with Crippen LogP contribution >= 0.6 is 23.1 Å². The number of alkyl halides is 3. The van der Waals surface area contributed by atoms with Gasteiger partial charge in [0.25, 0.3) is 10.0 Å². The minimum atomic E-state index is -4.52. The first-order valence-corrected chi connectivity index (χ1v) is 14.5. The standard InChI is InChI=1S/C26H23ClF3N5O3S2.V/c1-16-11-19(38-2)5-3-17(16)14-35(25-32-15-33-39-25)40(36,37)20-6-8-24-22(13-20)31-9-10-34(24)23-7-4-18(12-21(23)27)26(28,29)30;/h3-8,11-13,15,31H,9-10,14H2,1-2H3;. The van der Waals surface area contributed by atoms with Crippen LogP contribution in [-0.4, -0.2) is 38.0 Å². The van der Waals surface area contributed by atoms with Crippen LogP contribution in [0.2, 0.25) is 5.02 Å². The zero-order chi connectivity index (χ0) is 28.7. The molecule has 1 aliphatic rings. The molecule has 1 aliphatic heterocycles. The molecule has 5 rings (SSSR count). The summed E-state index contributed by atoms with van der Waals surface area (Å²) < 4.78 is 77.8. The molecule has 2 heterocycles. The molecule has 0 bridgehead atoms. The number of halogens is 4.